The molecule has 1 aliphatic rings. The number of hydrogen-bond donors (Lipinski definition) is 1. The van der Waals surface area contributed by atoms with Gasteiger partial charge in [0, 0.05) is 34.2 Å². The van der Waals surface area contributed by atoms with E-state index in [4.69, 9.17) is 33.7 Å². The first-order valence-corrected chi connectivity index (χ1v) is 6.23. The van der Waals surface area contributed by atoms with Gasteiger partial charge in [0.15, 0.2) is 0 Å². The Bertz CT molecular complexity index is 344. The van der Waals surface area contributed by atoms with Crippen molar-refractivity contribution in [2.75, 3.05) is 13.2 Å². The van der Waals surface area contributed by atoms with Crippen molar-refractivity contribution in [3.8, 4) is 0 Å². The third kappa shape index (κ3) is 2.51. The fourth-order valence-corrected chi connectivity index (χ4v) is 2.76. The molecule has 2 atom stereocenters. The van der Waals surface area contributed by atoms with Crippen LogP contribution in [0.5, 0.6) is 0 Å². The van der Waals surface area contributed by atoms with E-state index in [2.05, 4.69) is 0 Å². The molecule has 2 unspecified atom stereocenters. The maximum atomic E-state index is 6.22. The molecule has 1 aromatic carbocycles. The molecule has 2 rings (SSSR count). The lowest BCUT2D eigenvalue weighted by Crippen LogP contribution is -2.29. The molecule has 2 nitrogen and oxygen atoms in total. The van der Waals surface area contributed by atoms with E-state index in [1.54, 1.807) is 0 Å². The lowest BCUT2D eigenvalue weighted by molar-refractivity contribution is 0.0448. The van der Waals surface area contributed by atoms with E-state index < -0.39 is 0 Å². The summed E-state index contributed by atoms with van der Waals surface area (Å²) in [5, 5.41) is 1.29. The van der Waals surface area contributed by atoms with Crippen molar-refractivity contribution in [3.63, 3.8) is 0 Å². The third-order valence-electron chi connectivity index (χ3n) is 3.04. The first kappa shape index (κ1) is 12.2. The van der Waals surface area contributed by atoms with Gasteiger partial charge in [-0.15, -0.1) is 0 Å². The zero-order valence-corrected chi connectivity index (χ0v) is 10.5. The highest BCUT2D eigenvalue weighted by Crippen LogP contribution is 2.35. The Labute approximate surface area is 106 Å². The Morgan fingerprint density at radius 1 is 1.31 bits per heavy atom. The Kier molecular flexibility index (Phi) is 4.09. The largest absolute Gasteiger partial charge is 0.381 e. The smallest absolute Gasteiger partial charge is 0.0512 e. The average molecular weight is 260 g/mol. The molecule has 0 aromatic heterocycles. The molecular formula is C12H15Cl2NO. The summed E-state index contributed by atoms with van der Waals surface area (Å²) in [6, 6.07) is 5.35. The minimum Gasteiger partial charge on any atom is -0.381 e. The normalized spacial score (nSPS) is 23.1. The van der Waals surface area contributed by atoms with Crippen molar-refractivity contribution in [2.45, 2.75) is 18.9 Å². The molecule has 1 aliphatic heterocycles. The number of benzene rings is 1. The van der Waals surface area contributed by atoms with Crippen LogP contribution in [0.15, 0.2) is 18.2 Å². The standard InChI is InChI=1S/C12H15Cl2NO/c13-9-4-1-5-10(14)11(9)12(15)8-3-2-6-16-7-8/h1,4-5,8,12H,2-3,6-7,15H2. The van der Waals surface area contributed by atoms with Crippen molar-refractivity contribution in [1.82, 2.24) is 0 Å². The molecule has 0 amide bonds. The molecule has 88 valence electrons. The molecule has 1 saturated heterocycles. The molecule has 1 aromatic rings. The van der Waals surface area contributed by atoms with Crippen LogP contribution in [0.2, 0.25) is 10.0 Å². The van der Waals surface area contributed by atoms with Crippen molar-refractivity contribution >= 4 is 23.2 Å². The van der Waals surface area contributed by atoms with Gasteiger partial charge < -0.3 is 10.5 Å². The molecular weight excluding hydrogens is 245 g/mol. The fourth-order valence-electron chi connectivity index (χ4n) is 2.11. The zero-order chi connectivity index (χ0) is 11.5. The summed E-state index contributed by atoms with van der Waals surface area (Å²) < 4.78 is 5.44. The Morgan fingerprint density at radius 2 is 2.00 bits per heavy atom. The topological polar surface area (TPSA) is 35.2 Å². The van der Waals surface area contributed by atoms with E-state index in [9.17, 15) is 0 Å². The predicted octanol–water partition coefficient (Wildman–Crippen LogP) is 3.42. The number of halogens is 2. The monoisotopic (exact) mass is 259 g/mol. The minimum absolute atomic E-state index is 0.138. The van der Waals surface area contributed by atoms with Gasteiger partial charge in [0.05, 0.1) is 6.61 Å². The Balaban J connectivity index is 2.22. The highest BCUT2D eigenvalue weighted by molar-refractivity contribution is 6.36. The summed E-state index contributed by atoms with van der Waals surface area (Å²) in [7, 11) is 0. The summed E-state index contributed by atoms with van der Waals surface area (Å²) >= 11 is 12.3. The van der Waals surface area contributed by atoms with Crippen LogP contribution in [0, 0.1) is 5.92 Å². The van der Waals surface area contributed by atoms with Crippen LogP contribution in [-0.4, -0.2) is 13.2 Å². The van der Waals surface area contributed by atoms with Gasteiger partial charge in [-0.05, 0) is 25.0 Å². The van der Waals surface area contributed by atoms with Crippen LogP contribution in [0.25, 0.3) is 0 Å². The van der Waals surface area contributed by atoms with Crippen molar-refractivity contribution < 1.29 is 4.74 Å². The number of rotatable bonds is 2. The fraction of sp³-hybridized carbons (Fsp3) is 0.500. The Morgan fingerprint density at radius 3 is 2.56 bits per heavy atom. The van der Waals surface area contributed by atoms with Crippen LogP contribution in [0.3, 0.4) is 0 Å². The molecule has 0 radical (unpaired) electrons. The van der Waals surface area contributed by atoms with Gasteiger partial charge in [0.25, 0.3) is 0 Å². The Hall–Kier alpha value is -0.280. The maximum Gasteiger partial charge on any atom is 0.0512 e. The average Bonchev–Trinajstić information content (AvgIpc) is 2.30. The molecule has 2 N–H and O–H groups in total. The van der Waals surface area contributed by atoms with E-state index >= 15 is 0 Å². The van der Waals surface area contributed by atoms with Gasteiger partial charge in [-0.3, -0.25) is 0 Å². The molecule has 0 aliphatic carbocycles. The highest BCUT2D eigenvalue weighted by atomic mass is 35.5. The molecule has 1 heterocycles. The lowest BCUT2D eigenvalue weighted by Gasteiger charge is -2.28. The number of ether oxygens (including phenoxy) is 1. The summed E-state index contributed by atoms with van der Waals surface area (Å²) in [6.45, 7) is 1.53. The maximum absolute atomic E-state index is 6.22. The zero-order valence-electron chi connectivity index (χ0n) is 8.96. The highest BCUT2D eigenvalue weighted by Gasteiger charge is 2.25. The van der Waals surface area contributed by atoms with Gasteiger partial charge in [-0.2, -0.15) is 0 Å². The van der Waals surface area contributed by atoms with Crippen LogP contribution in [0.4, 0.5) is 0 Å². The number of hydrogen-bond acceptors (Lipinski definition) is 2. The van der Waals surface area contributed by atoms with E-state index in [-0.39, 0.29) is 6.04 Å². The molecule has 0 bridgehead atoms. The summed E-state index contributed by atoms with van der Waals surface area (Å²) in [5.41, 5.74) is 7.07. The second kappa shape index (κ2) is 5.37. The summed E-state index contributed by atoms with van der Waals surface area (Å²) in [6.07, 6.45) is 2.13. The lowest BCUT2D eigenvalue weighted by atomic mass is 9.89. The third-order valence-corrected chi connectivity index (χ3v) is 3.70. The van der Waals surface area contributed by atoms with Gasteiger partial charge in [-0.1, -0.05) is 29.3 Å². The molecule has 1 fully saturated rings. The van der Waals surface area contributed by atoms with E-state index in [1.165, 1.54) is 0 Å². The molecule has 0 spiro atoms. The number of nitrogens with two attached hydrogens (primary N) is 1. The van der Waals surface area contributed by atoms with E-state index in [1.807, 2.05) is 18.2 Å². The first-order chi connectivity index (χ1) is 7.70. The summed E-state index contributed by atoms with van der Waals surface area (Å²) in [4.78, 5) is 0. The van der Waals surface area contributed by atoms with Crippen LogP contribution in [-0.2, 0) is 4.74 Å². The van der Waals surface area contributed by atoms with Crippen molar-refractivity contribution in [2.24, 2.45) is 11.7 Å². The van der Waals surface area contributed by atoms with Crippen molar-refractivity contribution in [3.05, 3.63) is 33.8 Å². The van der Waals surface area contributed by atoms with Crippen LogP contribution < -0.4 is 5.73 Å². The quantitative estimate of drug-likeness (QED) is 0.884. The van der Waals surface area contributed by atoms with Gasteiger partial charge in [0.1, 0.15) is 0 Å². The van der Waals surface area contributed by atoms with Crippen LogP contribution in [0.1, 0.15) is 24.4 Å². The summed E-state index contributed by atoms with van der Waals surface area (Å²) in [5.74, 6) is 0.311. The van der Waals surface area contributed by atoms with Gasteiger partial charge in [0.2, 0.25) is 0 Å². The van der Waals surface area contributed by atoms with Crippen LogP contribution >= 0.6 is 23.2 Å². The predicted molar refractivity (Wildman–Crippen MR) is 66.9 cm³/mol. The second-order valence-corrected chi connectivity index (χ2v) is 4.95. The SMILES string of the molecule is NC(c1c(Cl)cccc1Cl)C1CCCOC1. The second-order valence-electron chi connectivity index (χ2n) is 4.14. The van der Waals surface area contributed by atoms with E-state index in [0.717, 1.165) is 25.0 Å². The van der Waals surface area contributed by atoms with E-state index in [0.29, 0.717) is 22.6 Å². The van der Waals surface area contributed by atoms with Crippen molar-refractivity contribution in [1.29, 1.82) is 0 Å². The molecule has 4 heteroatoms. The van der Waals surface area contributed by atoms with Gasteiger partial charge >= 0.3 is 0 Å². The minimum atomic E-state index is -0.138. The molecule has 0 saturated carbocycles. The molecule has 16 heavy (non-hydrogen) atoms. The van der Waals surface area contributed by atoms with Gasteiger partial charge in [-0.25, -0.2) is 0 Å². The first-order valence-electron chi connectivity index (χ1n) is 5.47.